The van der Waals surface area contributed by atoms with Crippen LogP contribution in [0.5, 0.6) is 11.5 Å². The Balaban J connectivity index is 1.46. The Morgan fingerprint density at radius 2 is 1.89 bits per heavy atom. The molecule has 2 aliphatic rings. The van der Waals surface area contributed by atoms with E-state index < -0.39 is 5.97 Å². The first-order chi connectivity index (χ1) is 13.0. The Labute approximate surface area is 158 Å². The molecule has 0 saturated heterocycles. The van der Waals surface area contributed by atoms with Crippen LogP contribution in [-0.2, 0) is 4.79 Å². The number of nitrogens with zero attached hydrogens (tertiary/aromatic N) is 1. The lowest BCUT2D eigenvalue weighted by Gasteiger charge is -2.42. The molecule has 1 aromatic rings. The van der Waals surface area contributed by atoms with Crippen LogP contribution < -0.4 is 20.1 Å². The number of urea groups is 1. The second-order valence-corrected chi connectivity index (χ2v) is 7.26. The zero-order valence-electron chi connectivity index (χ0n) is 15.7. The third kappa shape index (κ3) is 5.26. The number of amides is 2. The summed E-state index contributed by atoms with van der Waals surface area (Å²) in [6.45, 7) is 0.924. The summed E-state index contributed by atoms with van der Waals surface area (Å²) in [6.07, 6.45) is 3.94. The number of hydrogen-bond acceptors (Lipinski definition) is 5. The number of carboxylic acid groups (broad SMARTS) is 1. The molecule has 0 heterocycles. The zero-order chi connectivity index (χ0) is 19.4. The van der Waals surface area contributed by atoms with Crippen molar-refractivity contribution >= 4 is 17.7 Å². The van der Waals surface area contributed by atoms with E-state index in [0.717, 1.165) is 19.4 Å². The van der Waals surface area contributed by atoms with Gasteiger partial charge in [-0.05, 0) is 43.7 Å². The van der Waals surface area contributed by atoms with Gasteiger partial charge >= 0.3 is 12.0 Å². The molecule has 2 aliphatic carbocycles. The molecule has 27 heavy (non-hydrogen) atoms. The molecule has 2 saturated carbocycles. The van der Waals surface area contributed by atoms with Crippen LogP contribution in [0.4, 0.5) is 10.5 Å². The average molecular weight is 377 g/mol. The minimum atomic E-state index is -0.793. The van der Waals surface area contributed by atoms with Gasteiger partial charge in [-0.1, -0.05) is 0 Å². The van der Waals surface area contributed by atoms with Gasteiger partial charge in [0.05, 0.1) is 20.8 Å². The summed E-state index contributed by atoms with van der Waals surface area (Å²) in [4.78, 5) is 25.3. The molecule has 0 atom stereocenters. The lowest BCUT2D eigenvalue weighted by atomic mass is 9.85. The normalized spacial score (nSPS) is 21.3. The maximum Gasteiger partial charge on any atom is 0.319 e. The fraction of sp³-hybridized carbons (Fsp3) is 0.579. The Morgan fingerprint density at radius 1 is 1.19 bits per heavy atom. The van der Waals surface area contributed by atoms with Gasteiger partial charge in [-0.2, -0.15) is 0 Å². The maximum absolute atomic E-state index is 12.2. The van der Waals surface area contributed by atoms with Gasteiger partial charge in [0.25, 0.3) is 0 Å². The van der Waals surface area contributed by atoms with E-state index in [1.165, 1.54) is 12.8 Å². The number of methoxy groups -OCH3 is 2. The van der Waals surface area contributed by atoms with Crippen LogP contribution in [0.1, 0.15) is 25.7 Å². The van der Waals surface area contributed by atoms with E-state index >= 15 is 0 Å². The van der Waals surface area contributed by atoms with Crippen molar-refractivity contribution in [3.8, 4) is 11.5 Å². The van der Waals surface area contributed by atoms with Gasteiger partial charge in [0.2, 0.25) is 0 Å². The summed E-state index contributed by atoms with van der Waals surface area (Å²) in [5.74, 6) is 0.992. The third-order valence-corrected chi connectivity index (χ3v) is 5.13. The number of rotatable bonds is 9. The molecule has 8 heteroatoms. The molecule has 148 valence electrons. The lowest BCUT2D eigenvalue weighted by Crippen LogP contribution is -2.55. The van der Waals surface area contributed by atoms with E-state index in [1.54, 1.807) is 32.4 Å². The van der Waals surface area contributed by atoms with Crippen LogP contribution in [0.2, 0.25) is 0 Å². The van der Waals surface area contributed by atoms with Crippen molar-refractivity contribution in [1.82, 2.24) is 10.2 Å². The monoisotopic (exact) mass is 377 g/mol. The van der Waals surface area contributed by atoms with Crippen molar-refractivity contribution in [2.24, 2.45) is 5.92 Å². The molecule has 0 bridgehead atoms. The summed E-state index contributed by atoms with van der Waals surface area (Å²) < 4.78 is 10.4. The number of carboxylic acids is 1. The van der Waals surface area contributed by atoms with E-state index in [1.807, 2.05) is 4.90 Å². The first kappa shape index (κ1) is 19.3. The topological polar surface area (TPSA) is 100 Å². The molecule has 0 aromatic heterocycles. The number of benzene rings is 1. The predicted octanol–water partition coefficient (Wildman–Crippen LogP) is 2.15. The van der Waals surface area contributed by atoms with Gasteiger partial charge in [0.1, 0.15) is 0 Å². The first-order valence-corrected chi connectivity index (χ1v) is 9.24. The van der Waals surface area contributed by atoms with Crippen LogP contribution in [0.15, 0.2) is 18.2 Å². The quantitative estimate of drug-likeness (QED) is 0.610. The summed E-state index contributed by atoms with van der Waals surface area (Å²) in [5.41, 5.74) is 0.613. The molecule has 2 amide bonds. The molecule has 3 rings (SSSR count). The first-order valence-electron chi connectivity index (χ1n) is 9.24. The molecular weight excluding hydrogens is 350 g/mol. The van der Waals surface area contributed by atoms with Gasteiger partial charge in [-0.25, -0.2) is 4.79 Å². The van der Waals surface area contributed by atoms with Crippen LogP contribution in [0.3, 0.4) is 0 Å². The van der Waals surface area contributed by atoms with E-state index in [2.05, 4.69) is 10.6 Å². The molecular formula is C19H27N3O5. The Morgan fingerprint density at radius 3 is 2.48 bits per heavy atom. The van der Waals surface area contributed by atoms with Gasteiger partial charge in [-0.15, -0.1) is 0 Å². The van der Waals surface area contributed by atoms with Crippen molar-refractivity contribution in [2.75, 3.05) is 32.6 Å². The molecule has 0 radical (unpaired) electrons. The number of nitrogens with one attached hydrogen (secondary N) is 2. The number of carbonyl (C=O) groups excluding carboxylic acids is 1. The highest BCUT2D eigenvalue weighted by atomic mass is 16.5. The molecule has 0 aliphatic heterocycles. The third-order valence-electron chi connectivity index (χ3n) is 5.13. The van der Waals surface area contributed by atoms with E-state index in [4.69, 9.17) is 14.6 Å². The molecule has 2 fully saturated rings. The van der Waals surface area contributed by atoms with Crippen molar-refractivity contribution in [3.63, 3.8) is 0 Å². The number of anilines is 1. The second-order valence-electron chi connectivity index (χ2n) is 7.26. The van der Waals surface area contributed by atoms with Crippen LogP contribution >= 0.6 is 0 Å². The Kier molecular flexibility index (Phi) is 6.05. The summed E-state index contributed by atoms with van der Waals surface area (Å²) in [6, 6.07) is 5.19. The van der Waals surface area contributed by atoms with Crippen molar-refractivity contribution < 1.29 is 24.2 Å². The summed E-state index contributed by atoms with van der Waals surface area (Å²) in [7, 11) is 3.10. The summed E-state index contributed by atoms with van der Waals surface area (Å²) in [5, 5.41) is 14.8. The minimum absolute atomic E-state index is 0.0608. The SMILES string of the molecule is COc1ccc(NC(=O)NC2CC(N(CC(=O)O)CC3CC3)C2)cc1OC. The highest BCUT2D eigenvalue weighted by Gasteiger charge is 2.37. The maximum atomic E-state index is 12.2. The van der Waals surface area contributed by atoms with Crippen LogP contribution in [-0.4, -0.2) is 61.4 Å². The Hall–Kier alpha value is -2.48. The highest BCUT2D eigenvalue weighted by Crippen LogP contribution is 2.34. The predicted molar refractivity (Wildman–Crippen MR) is 100 cm³/mol. The highest BCUT2D eigenvalue weighted by molar-refractivity contribution is 5.90. The molecule has 3 N–H and O–H groups in total. The van der Waals surface area contributed by atoms with E-state index in [-0.39, 0.29) is 24.7 Å². The molecule has 8 nitrogen and oxygen atoms in total. The molecule has 0 unspecified atom stereocenters. The average Bonchev–Trinajstić information content (AvgIpc) is 3.40. The fourth-order valence-electron chi connectivity index (χ4n) is 3.42. The number of hydrogen-bond donors (Lipinski definition) is 3. The smallest absolute Gasteiger partial charge is 0.319 e. The van der Waals surface area contributed by atoms with Crippen molar-refractivity contribution in [3.05, 3.63) is 18.2 Å². The largest absolute Gasteiger partial charge is 0.493 e. The van der Waals surface area contributed by atoms with Crippen LogP contribution in [0.25, 0.3) is 0 Å². The van der Waals surface area contributed by atoms with Gasteiger partial charge in [-0.3, -0.25) is 9.69 Å². The minimum Gasteiger partial charge on any atom is -0.493 e. The van der Waals surface area contributed by atoms with Gasteiger partial charge in [0.15, 0.2) is 11.5 Å². The zero-order valence-corrected chi connectivity index (χ0v) is 15.7. The van der Waals surface area contributed by atoms with E-state index in [0.29, 0.717) is 23.1 Å². The van der Waals surface area contributed by atoms with Crippen LogP contribution in [0, 0.1) is 5.92 Å². The fourth-order valence-corrected chi connectivity index (χ4v) is 3.42. The summed E-state index contributed by atoms with van der Waals surface area (Å²) >= 11 is 0. The van der Waals surface area contributed by atoms with Crippen molar-refractivity contribution in [1.29, 1.82) is 0 Å². The van der Waals surface area contributed by atoms with Gasteiger partial charge in [0, 0.05) is 30.4 Å². The standard InChI is InChI=1S/C19H27N3O5/c1-26-16-6-5-13(9-17(16)27-2)20-19(25)21-14-7-15(8-14)22(11-18(23)24)10-12-3-4-12/h5-6,9,12,14-15H,3-4,7-8,10-11H2,1-2H3,(H,23,24)(H2,20,21,25). The lowest BCUT2D eigenvalue weighted by molar-refractivity contribution is -0.139. The molecule has 0 spiro atoms. The van der Waals surface area contributed by atoms with E-state index in [9.17, 15) is 9.59 Å². The van der Waals surface area contributed by atoms with Gasteiger partial charge < -0.3 is 25.2 Å². The molecule has 1 aromatic carbocycles. The second kappa shape index (κ2) is 8.47. The number of ether oxygens (including phenoxy) is 2. The number of aliphatic carboxylic acids is 1. The Bertz CT molecular complexity index is 686. The number of carbonyl (C=O) groups is 2. The van der Waals surface area contributed by atoms with Crippen molar-refractivity contribution in [2.45, 2.75) is 37.8 Å².